The zero-order valence-corrected chi connectivity index (χ0v) is 22.6. The van der Waals surface area contributed by atoms with Crippen LogP contribution in [-0.4, -0.2) is 75.3 Å². The van der Waals surface area contributed by atoms with Crippen molar-refractivity contribution >= 4 is 17.5 Å². The smallest absolute Gasteiger partial charge is 0.289 e. The molecule has 3 aromatic rings. The number of nitrogens with one attached hydrogen (secondary N) is 1. The number of hydrogen-bond acceptors (Lipinski definition) is 7. The molecule has 0 spiro atoms. The Labute approximate surface area is 228 Å². The third kappa shape index (κ3) is 6.09. The van der Waals surface area contributed by atoms with Crippen LogP contribution in [0.5, 0.6) is 17.2 Å². The second kappa shape index (κ2) is 12.1. The second-order valence-electron chi connectivity index (χ2n) is 9.63. The first-order chi connectivity index (χ1) is 18.5. The molecule has 8 nitrogen and oxygen atoms in total. The first kappa shape index (κ1) is 26.4. The van der Waals surface area contributed by atoms with Crippen molar-refractivity contribution in [3.63, 3.8) is 0 Å². The van der Waals surface area contributed by atoms with E-state index in [0.29, 0.717) is 41.1 Å². The zero-order chi connectivity index (χ0) is 26.5. The number of ether oxygens (including phenoxy) is 3. The summed E-state index contributed by atoms with van der Waals surface area (Å²) in [5.74, 6) is 2.86. The number of carbonyl (C=O) groups excluding carboxylic acids is 1. The van der Waals surface area contributed by atoms with Crippen LogP contribution in [0.25, 0.3) is 11.3 Å². The molecule has 0 radical (unpaired) electrons. The summed E-state index contributed by atoms with van der Waals surface area (Å²) in [6, 6.07) is 15.0. The van der Waals surface area contributed by atoms with E-state index in [2.05, 4.69) is 16.3 Å². The SMILES string of the molecule is COc1ccc(OC)c(-c2ccc(C(=O)N3CCN(Cc4ccc(OC5CCNCC5)c(Cl)c4)CC3)o2)c1. The Morgan fingerprint density at radius 1 is 0.974 bits per heavy atom. The normalized spacial score (nSPS) is 16.9. The number of nitrogens with zero attached hydrogens (tertiary/aromatic N) is 2. The summed E-state index contributed by atoms with van der Waals surface area (Å²) in [6.07, 6.45) is 2.21. The van der Waals surface area contributed by atoms with Crippen LogP contribution in [0.3, 0.4) is 0 Å². The van der Waals surface area contributed by atoms with E-state index >= 15 is 0 Å². The van der Waals surface area contributed by atoms with Gasteiger partial charge in [-0.05, 0) is 74.0 Å². The number of rotatable bonds is 8. The monoisotopic (exact) mass is 539 g/mol. The number of hydrogen-bond donors (Lipinski definition) is 1. The molecule has 2 saturated heterocycles. The molecule has 0 bridgehead atoms. The van der Waals surface area contributed by atoms with E-state index in [1.54, 1.807) is 26.4 Å². The third-order valence-electron chi connectivity index (χ3n) is 7.13. The molecule has 2 aliphatic rings. The molecule has 3 heterocycles. The highest BCUT2D eigenvalue weighted by Crippen LogP contribution is 2.35. The minimum Gasteiger partial charge on any atom is -0.497 e. The van der Waals surface area contributed by atoms with Crippen molar-refractivity contribution in [3.8, 4) is 28.6 Å². The maximum absolute atomic E-state index is 13.2. The molecule has 0 unspecified atom stereocenters. The molecular formula is C29H34ClN3O5. The molecule has 1 aromatic heterocycles. The van der Waals surface area contributed by atoms with E-state index in [1.807, 2.05) is 35.2 Å². The molecule has 2 fully saturated rings. The maximum Gasteiger partial charge on any atom is 0.289 e. The Balaban J connectivity index is 1.16. The van der Waals surface area contributed by atoms with E-state index in [-0.39, 0.29) is 12.0 Å². The number of furan rings is 1. The van der Waals surface area contributed by atoms with Crippen LogP contribution in [-0.2, 0) is 6.54 Å². The molecule has 2 aromatic carbocycles. The van der Waals surface area contributed by atoms with Crippen LogP contribution in [0.4, 0.5) is 0 Å². The van der Waals surface area contributed by atoms with Gasteiger partial charge < -0.3 is 28.8 Å². The van der Waals surface area contributed by atoms with Crippen LogP contribution in [0.15, 0.2) is 52.9 Å². The molecule has 0 aliphatic carbocycles. The van der Waals surface area contributed by atoms with Gasteiger partial charge in [-0.1, -0.05) is 17.7 Å². The van der Waals surface area contributed by atoms with Crippen molar-refractivity contribution in [1.82, 2.24) is 15.1 Å². The summed E-state index contributed by atoms with van der Waals surface area (Å²) in [6.45, 7) is 5.53. The van der Waals surface area contributed by atoms with E-state index in [9.17, 15) is 4.79 Å². The molecule has 1 N–H and O–H groups in total. The zero-order valence-electron chi connectivity index (χ0n) is 21.9. The van der Waals surface area contributed by atoms with Crippen LogP contribution in [0.1, 0.15) is 29.0 Å². The summed E-state index contributed by atoms with van der Waals surface area (Å²) >= 11 is 6.54. The van der Waals surface area contributed by atoms with Gasteiger partial charge in [0.05, 0.1) is 24.8 Å². The molecule has 38 heavy (non-hydrogen) atoms. The van der Waals surface area contributed by atoms with Crippen molar-refractivity contribution < 1.29 is 23.4 Å². The highest BCUT2D eigenvalue weighted by molar-refractivity contribution is 6.32. The molecule has 2 aliphatic heterocycles. The number of amides is 1. The van der Waals surface area contributed by atoms with E-state index in [4.69, 9.17) is 30.2 Å². The van der Waals surface area contributed by atoms with Gasteiger partial charge in [-0.15, -0.1) is 0 Å². The van der Waals surface area contributed by atoms with Crippen molar-refractivity contribution in [2.24, 2.45) is 0 Å². The molecular weight excluding hydrogens is 506 g/mol. The fourth-order valence-corrected chi connectivity index (χ4v) is 5.21. The van der Waals surface area contributed by atoms with Gasteiger partial charge in [-0.2, -0.15) is 0 Å². The van der Waals surface area contributed by atoms with Crippen LogP contribution in [0.2, 0.25) is 5.02 Å². The number of benzene rings is 2. The van der Waals surface area contributed by atoms with Gasteiger partial charge in [0.2, 0.25) is 0 Å². The van der Waals surface area contributed by atoms with Crippen LogP contribution in [0, 0.1) is 0 Å². The van der Waals surface area contributed by atoms with Gasteiger partial charge in [0.25, 0.3) is 5.91 Å². The molecule has 0 saturated carbocycles. The van der Waals surface area contributed by atoms with Crippen molar-refractivity contribution in [2.45, 2.75) is 25.5 Å². The van der Waals surface area contributed by atoms with E-state index in [0.717, 1.165) is 62.4 Å². The fraction of sp³-hybridized carbons (Fsp3) is 0.414. The summed E-state index contributed by atoms with van der Waals surface area (Å²) in [5.41, 5.74) is 1.87. The highest BCUT2D eigenvalue weighted by atomic mass is 35.5. The van der Waals surface area contributed by atoms with Crippen molar-refractivity contribution in [1.29, 1.82) is 0 Å². The Hall–Kier alpha value is -3.20. The van der Waals surface area contributed by atoms with Gasteiger partial charge in [0.1, 0.15) is 29.1 Å². The minimum atomic E-state index is -0.111. The standard InChI is InChI=1S/C29H34ClN3O5/c1-35-22-4-6-25(36-2)23(18-22)26-7-8-28(38-26)29(34)33-15-13-32(14-16-33)19-20-3-5-27(24(30)17-20)37-21-9-11-31-12-10-21/h3-8,17-18,21,31H,9-16,19H2,1-2H3. The number of halogens is 1. The number of methoxy groups -OCH3 is 2. The molecule has 0 atom stereocenters. The van der Waals surface area contributed by atoms with Crippen LogP contribution < -0.4 is 19.5 Å². The largest absolute Gasteiger partial charge is 0.497 e. The molecule has 9 heteroatoms. The minimum absolute atomic E-state index is 0.111. The lowest BCUT2D eigenvalue weighted by Crippen LogP contribution is -2.48. The van der Waals surface area contributed by atoms with Gasteiger partial charge >= 0.3 is 0 Å². The first-order valence-electron chi connectivity index (χ1n) is 13.0. The molecule has 1 amide bonds. The molecule has 5 rings (SSSR count). The summed E-state index contributed by atoms with van der Waals surface area (Å²) < 4.78 is 22.9. The maximum atomic E-state index is 13.2. The second-order valence-corrected chi connectivity index (χ2v) is 10.0. The Bertz CT molecular complexity index is 1250. The Morgan fingerprint density at radius 3 is 2.45 bits per heavy atom. The topological polar surface area (TPSA) is 76.4 Å². The predicted molar refractivity (Wildman–Crippen MR) is 146 cm³/mol. The third-order valence-corrected chi connectivity index (χ3v) is 7.43. The Kier molecular flexibility index (Phi) is 8.42. The van der Waals surface area contributed by atoms with Crippen molar-refractivity contribution in [2.75, 3.05) is 53.5 Å². The van der Waals surface area contributed by atoms with Gasteiger partial charge in [-0.3, -0.25) is 9.69 Å². The quantitative estimate of drug-likeness (QED) is 0.444. The van der Waals surface area contributed by atoms with Gasteiger partial charge in [0.15, 0.2) is 5.76 Å². The van der Waals surface area contributed by atoms with E-state index < -0.39 is 0 Å². The average molecular weight is 540 g/mol. The van der Waals surface area contributed by atoms with Crippen molar-refractivity contribution in [3.05, 3.63) is 64.9 Å². The number of carbonyl (C=O) groups is 1. The van der Waals surface area contributed by atoms with E-state index in [1.165, 1.54) is 0 Å². The Morgan fingerprint density at radius 2 is 1.74 bits per heavy atom. The fourth-order valence-electron chi connectivity index (χ4n) is 4.96. The number of piperazine rings is 1. The van der Waals surface area contributed by atoms with Crippen LogP contribution >= 0.6 is 11.6 Å². The lowest BCUT2D eigenvalue weighted by Gasteiger charge is -2.34. The highest BCUT2D eigenvalue weighted by Gasteiger charge is 2.25. The number of piperidine rings is 1. The summed E-state index contributed by atoms with van der Waals surface area (Å²) in [7, 11) is 3.21. The predicted octanol–water partition coefficient (Wildman–Crippen LogP) is 4.71. The lowest BCUT2D eigenvalue weighted by molar-refractivity contribution is 0.0598. The average Bonchev–Trinajstić information content (AvgIpc) is 3.45. The van der Waals surface area contributed by atoms with Gasteiger partial charge in [0, 0.05) is 32.7 Å². The summed E-state index contributed by atoms with van der Waals surface area (Å²) in [5, 5.41) is 4.00. The van der Waals surface area contributed by atoms with Gasteiger partial charge in [-0.25, -0.2) is 0 Å². The summed E-state index contributed by atoms with van der Waals surface area (Å²) in [4.78, 5) is 17.3. The molecule has 202 valence electrons. The lowest BCUT2D eigenvalue weighted by atomic mass is 10.1. The first-order valence-corrected chi connectivity index (χ1v) is 13.4.